The minimum absolute atomic E-state index is 0.169. The molecule has 2 aromatic carbocycles. The largest absolute Gasteiger partial charge is 0.481 e. The summed E-state index contributed by atoms with van der Waals surface area (Å²) in [4.78, 5) is 39.2. The molecule has 28 heavy (non-hydrogen) atoms. The van der Waals surface area contributed by atoms with Crippen LogP contribution in [0.15, 0.2) is 53.3 Å². The Bertz CT molecular complexity index is 1100. The average Bonchev–Trinajstić information content (AvgIpc) is 2.68. The number of nitrogens with one attached hydrogen (secondary N) is 3. The highest BCUT2D eigenvalue weighted by molar-refractivity contribution is 6.06. The SMILES string of the molecule is Cc1cccc(OC(C)C(=O)NNC(=O)c2cc(=O)[nH]c3ccccc23)c1C. The fourth-order valence-electron chi connectivity index (χ4n) is 2.78. The zero-order chi connectivity index (χ0) is 20.3. The number of ether oxygens (including phenoxy) is 1. The van der Waals surface area contributed by atoms with Crippen molar-refractivity contribution in [2.24, 2.45) is 0 Å². The number of H-pyrrole nitrogens is 1. The normalized spacial score (nSPS) is 11.7. The van der Waals surface area contributed by atoms with Crippen molar-refractivity contribution in [1.29, 1.82) is 0 Å². The molecule has 7 heteroatoms. The number of rotatable bonds is 4. The molecule has 0 saturated carbocycles. The monoisotopic (exact) mass is 379 g/mol. The Kier molecular flexibility index (Phi) is 5.44. The zero-order valence-corrected chi connectivity index (χ0v) is 15.8. The van der Waals surface area contributed by atoms with Crippen LogP contribution in [0.3, 0.4) is 0 Å². The van der Waals surface area contributed by atoms with Crippen LogP contribution >= 0.6 is 0 Å². The third kappa shape index (κ3) is 4.03. The highest BCUT2D eigenvalue weighted by Gasteiger charge is 2.18. The maximum absolute atomic E-state index is 12.5. The topological polar surface area (TPSA) is 100 Å². The summed E-state index contributed by atoms with van der Waals surface area (Å²) in [5.41, 5.74) is 6.99. The number of aryl methyl sites for hydroxylation is 1. The fourth-order valence-corrected chi connectivity index (χ4v) is 2.78. The van der Waals surface area contributed by atoms with Crippen LogP contribution in [0.25, 0.3) is 10.9 Å². The first-order chi connectivity index (χ1) is 13.4. The van der Waals surface area contributed by atoms with Gasteiger partial charge in [0.1, 0.15) is 5.75 Å². The molecule has 0 aliphatic rings. The van der Waals surface area contributed by atoms with Crippen molar-refractivity contribution in [3.63, 3.8) is 0 Å². The number of carbonyl (C=O) groups excluding carboxylic acids is 2. The van der Waals surface area contributed by atoms with Crippen LogP contribution in [0.5, 0.6) is 5.75 Å². The first kappa shape index (κ1) is 19.2. The molecule has 1 heterocycles. The van der Waals surface area contributed by atoms with Crippen molar-refractivity contribution in [3.05, 3.63) is 75.6 Å². The summed E-state index contributed by atoms with van der Waals surface area (Å²) in [6.07, 6.45) is -0.822. The van der Waals surface area contributed by atoms with Gasteiger partial charge in [-0.15, -0.1) is 0 Å². The molecule has 0 aliphatic carbocycles. The highest BCUT2D eigenvalue weighted by atomic mass is 16.5. The Balaban J connectivity index is 1.68. The van der Waals surface area contributed by atoms with E-state index in [0.717, 1.165) is 11.1 Å². The van der Waals surface area contributed by atoms with E-state index < -0.39 is 23.5 Å². The molecule has 1 aromatic heterocycles. The minimum Gasteiger partial charge on any atom is -0.481 e. The van der Waals surface area contributed by atoms with E-state index in [1.54, 1.807) is 37.3 Å². The number of pyridine rings is 1. The van der Waals surface area contributed by atoms with Crippen molar-refractivity contribution in [2.75, 3.05) is 0 Å². The van der Waals surface area contributed by atoms with Crippen LogP contribution < -0.4 is 21.1 Å². The fraction of sp³-hybridized carbons (Fsp3) is 0.190. The van der Waals surface area contributed by atoms with E-state index in [4.69, 9.17) is 4.74 Å². The number of aromatic amines is 1. The number of hydrogen-bond donors (Lipinski definition) is 3. The lowest BCUT2D eigenvalue weighted by Crippen LogP contribution is -2.47. The summed E-state index contributed by atoms with van der Waals surface area (Å²) >= 11 is 0. The van der Waals surface area contributed by atoms with Gasteiger partial charge in [0.25, 0.3) is 11.8 Å². The van der Waals surface area contributed by atoms with Crippen LogP contribution in [0, 0.1) is 13.8 Å². The summed E-state index contributed by atoms with van der Waals surface area (Å²) in [5, 5.41) is 0.577. The van der Waals surface area contributed by atoms with Crippen LogP contribution in [0.2, 0.25) is 0 Å². The maximum Gasteiger partial charge on any atom is 0.279 e. The van der Waals surface area contributed by atoms with Crippen molar-refractivity contribution in [3.8, 4) is 5.75 Å². The van der Waals surface area contributed by atoms with Gasteiger partial charge in [-0.05, 0) is 44.0 Å². The van der Waals surface area contributed by atoms with Gasteiger partial charge in [-0.3, -0.25) is 25.2 Å². The summed E-state index contributed by atoms with van der Waals surface area (Å²) in [6.45, 7) is 5.46. The van der Waals surface area contributed by atoms with Gasteiger partial charge in [-0.2, -0.15) is 0 Å². The first-order valence-corrected chi connectivity index (χ1v) is 8.82. The van der Waals surface area contributed by atoms with E-state index in [9.17, 15) is 14.4 Å². The molecule has 3 N–H and O–H groups in total. The molecular formula is C21H21N3O4. The van der Waals surface area contributed by atoms with Crippen LogP contribution in [0.1, 0.15) is 28.4 Å². The van der Waals surface area contributed by atoms with Gasteiger partial charge in [-0.1, -0.05) is 30.3 Å². The van der Waals surface area contributed by atoms with E-state index in [-0.39, 0.29) is 5.56 Å². The first-order valence-electron chi connectivity index (χ1n) is 8.82. The second kappa shape index (κ2) is 7.96. The minimum atomic E-state index is -0.822. The molecule has 0 aliphatic heterocycles. The molecule has 0 radical (unpaired) electrons. The van der Waals surface area contributed by atoms with Crippen molar-refractivity contribution >= 4 is 22.7 Å². The quantitative estimate of drug-likeness (QED) is 0.606. The van der Waals surface area contributed by atoms with Gasteiger partial charge >= 0.3 is 0 Å². The van der Waals surface area contributed by atoms with Gasteiger partial charge < -0.3 is 9.72 Å². The molecule has 0 saturated heterocycles. The average molecular weight is 379 g/mol. The maximum atomic E-state index is 12.5. The number of fused-ring (bicyclic) bond motifs is 1. The van der Waals surface area contributed by atoms with Crippen molar-refractivity contribution in [1.82, 2.24) is 15.8 Å². The molecule has 0 bridgehead atoms. The zero-order valence-electron chi connectivity index (χ0n) is 15.8. The van der Waals surface area contributed by atoms with Gasteiger partial charge in [0.05, 0.1) is 5.56 Å². The van der Waals surface area contributed by atoms with Crippen LogP contribution in [0.4, 0.5) is 0 Å². The van der Waals surface area contributed by atoms with Gasteiger partial charge in [0.15, 0.2) is 6.10 Å². The predicted octanol–water partition coefficient (Wildman–Crippen LogP) is 2.37. The third-order valence-electron chi connectivity index (χ3n) is 4.52. The summed E-state index contributed by atoms with van der Waals surface area (Å²) in [6, 6.07) is 13.7. The Hall–Kier alpha value is -3.61. The summed E-state index contributed by atoms with van der Waals surface area (Å²) < 4.78 is 5.70. The third-order valence-corrected chi connectivity index (χ3v) is 4.52. The number of hydrogen-bond acceptors (Lipinski definition) is 4. The molecule has 3 rings (SSSR count). The second-order valence-electron chi connectivity index (χ2n) is 6.49. The number of para-hydroxylation sites is 1. The second-order valence-corrected chi connectivity index (χ2v) is 6.49. The Morgan fingerprint density at radius 3 is 2.57 bits per heavy atom. The molecular weight excluding hydrogens is 358 g/mol. The Morgan fingerprint density at radius 2 is 1.79 bits per heavy atom. The Morgan fingerprint density at radius 1 is 1.04 bits per heavy atom. The number of hydrazine groups is 1. The molecule has 3 aromatic rings. The lowest BCUT2D eigenvalue weighted by molar-refractivity contribution is -0.128. The van der Waals surface area contributed by atoms with Crippen LogP contribution in [-0.4, -0.2) is 22.9 Å². The molecule has 1 atom stereocenters. The standard InChI is InChI=1S/C21H21N3O4/c1-12-7-6-10-18(13(12)2)28-14(3)20(26)23-24-21(27)16-11-19(25)22-17-9-5-4-8-15(16)17/h4-11,14H,1-3H3,(H,22,25)(H,23,26)(H,24,27). The smallest absolute Gasteiger partial charge is 0.279 e. The van der Waals surface area contributed by atoms with Gasteiger partial charge in [-0.25, -0.2) is 0 Å². The predicted molar refractivity (Wildman–Crippen MR) is 106 cm³/mol. The number of carbonyl (C=O) groups is 2. The highest BCUT2D eigenvalue weighted by Crippen LogP contribution is 2.21. The van der Waals surface area contributed by atoms with E-state index in [0.29, 0.717) is 16.7 Å². The van der Waals surface area contributed by atoms with E-state index in [1.807, 2.05) is 26.0 Å². The van der Waals surface area contributed by atoms with Crippen molar-refractivity contribution < 1.29 is 14.3 Å². The Labute approximate surface area is 161 Å². The van der Waals surface area contributed by atoms with E-state index in [1.165, 1.54) is 6.07 Å². The molecule has 0 spiro atoms. The van der Waals surface area contributed by atoms with E-state index in [2.05, 4.69) is 15.8 Å². The molecule has 7 nitrogen and oxygen atoms in total. The summed E-state index contributed by atoms with van der Waals surface area (Å²) in [7, 11) is 0. The number of benzene rings is 2. The molecule has 0 fully saturated rings. The number of aromatic nitrogens is 1. The lowest BCUT2D eigenvalue weighted by atomic mass is 10.1. The number of amides is 2. The van der Waals surface area contributed by atoms with Gasteiger partial charge in [0, 0.05) is 17.0 Å². The van der Waals surface area contributed by atoms with Crippen molar-refractivity contribution in [2.45, 2.75) is 26.9 Å². The molecule has 2 amide bonds. The molecule has 144 valence electrons. The van der Waals surface area contributed by atoms with Gasteiger partial charge in [0.2, 0.25) is 5.56 Å². The molecule has 1 unspecified atom stereocenters. The lowest BCUT2D eigenvalue weighted by Gasteiger charge is -2.17. The van der Waals surface area contributed by atoms with E-state index >= 15 is 0 Å². The summed E-state index contributed by atoms with van der Waals surface area (Å²) in [5.74, 6) is -0.493. The van der Waals surface area contributed by atoms with Crippen LogP contribution in [-0.2, 0) is 4.79 Å².